The second kappa shape index (κ2) is 10.2. The van der Waals surface area contributed by atoms with Gasteiger partial charge in [-0.2, -0.15) is 26.3 Å². The number of ether oxygens (including phenoxy) is 1. The van der Waals surface area contributed by atoms with Crippen LogP contribution in [0.2, 0.25) is 0 Å². The number of anilines is 1. The molecule has 1 fully saturated rings. The number of imide groups is 1. The van der Waals surface area contributed by atoms with Crippen molar-refractivity contribution in [3.8, 4) is 11.5 Å². The van der Waals surface area contributed by atoms with Crippen LogP contribution in [-0.2, 0) is 31.5 Å². The molecular weight excluding hydrogens is 608 g/mol. The summed E-state index contributed by atoms with van der Waals surface area (Å²) in [6.07, 6.45) is -7.83. The van der Waals surface area contributed by atoms with Crippen molar-refractivity contribution in [2.45, 2.75) is 38.0 Å². The van der Waals surface area contributed by atoms with Crippen LogP contribution in [0.5, 0.6) is 11.5 Å². The standard InChI is InChI=1S/C32H23F6NO6/c1-13-7-23(41)21-12-20-18(25(27(21)28(13)42)14-3-6-22(40)24(8-14)45-2)4-5-19-26(20)30(44)39(29(19)43)17-10-15(31(33,34)35)9-16(11-17)32(36,37)38/h3-4,6-11,19-20,25-26,40H,5,12H2,1-2H3/t19-,20+,25-,26-/m0/s1. The first-order chi connectivity index (χ1) is 21.0. The van der Waals surface area contributed by atoms with Crippen molar-refractivity contribution in [3.63, 3.8) is 0 Å². The predicted molar refractivity (Wildman–Crippen MR) is 145 cm³/mol. The summed E-state index contributed by atoms with van der Waals surface area (Å²) in [5.74, 6) is -7.14. The molecule has 1 N–H and O–H groups in total. The maximum Gasteiger partial charge on any atom is 0.416 e. The molecule has 1 aliphatic heterocycles. The average molecular weight is 632 g/mol. The number of phenols is 1. The smallest absolute Gasteiger partial charge is 0.416 e. The number of rotatable bonds is 3. The minimum atomic E-state index is -5.20. The summed E-state index contributed by atoms with van der Waals surface area (Å²) in [7, 11) is 1.31. The molecule has 45 heavy (non-hydrogen) atoms. The van der Waals surface area contributed by atoms with E-state index in [0.29, 0.717) is 28.2 Å². The Labute approximate surface area is 251 Å². The van der Waals surface area contributed by atoms with Gasteiger partial charge in [-0.25, -0.2) is 4.90 Å². The van der Waals surface area contributed by atoms with Crippen molar-refractivity contribution in [2.75, 3.05) is 12.0 Å². The maximum absolute atomic E-state index is 14.0. The van der Waals surface area contributed by atoms with Crippen LogP contribution in [0.1, 0.15) is 42.4 Å². The first kappa shape index (κ1) is 30.4. The van der Waals surface area contributed by atoms with Crippen molar-refractivity contribution in [1.82, 2.24) is 0 Å². The SMILES string of the molecule is COc1cc([C@H]2C3=CC[C@@H]4C(=O)N(c5cc(C(F)(F)F)cc(C(F)(F)F)c5)C(=O)[C@@H]4[C@@H]3CC3=C2C(=O)C(C)=CC3=O)ccc1O. The molecule has 6 rings (SSSR count). The Morgan fingerprint density at radius 2 is 1.53 bits per heavy atom. The third-order valence-electron chi connectivity index (χ3n) is 8.93. The lowest BCUT2D eigenvalue weighted by atomic mass is 9.59. The Hall–Kier alpha value is -4.68. The van der Waals surface area contributed by atoms with E-state index >= 15 is 0 Å². The molecule has 0 spiro atoms. The second-order valence-electron chi connectivity index (χ2n) is 11.4. The summed E-state index contributed by atoms with van der Waals surface area (Å²) in [6.45, 7) is 1.48. The molecule has 0 aromatic heterocycles. The van der Waals surface area contributed by atoms with Gasteiger partial charge in [0.25, 0.3) is 0 Å². The summed E-state index contributed by atoms with van der Waals surface area (Å²) in [4.78, 5) is 54.7. The van der Waals surface area contributed by atoms with Crippen LogP contribution in [0.3, 0.4) is 0 Å². The number of nitrogens with zero attached hydrogens (tertiary/aromatic N) is 1. The molecule has 234 valence electrons. The zero-order valence-electron chi connectivity index (χ0n) is 23.5. The molecule has 7 nitrogen and oxygen atoms in total. The lowest BCUT2D eigenvalue weighted by Crippen LogP contribution is -2.39. The van der Waals surface area contributed by atoms with E-state index in [4.69, 9.17) is 4.74 Å². The number of methoxy groups -OCH3 is 1. The van der Waals surface area contributed by atoms with Crippen molar-refractivity contribution in [1.29, 1.82) is 0 Å². The molecule has 13 heteroatoms. The Morgan fingerprint density at radius 3 is 2.13 bits per heavy atom. The molecule has 2 aromatic rings. The number of hydrogen-bond acceptors (Lipinski definition) is 6. The molecule has 1 saturated heterocycles. The van der Waals surface area contributed by atoms with Gasteiger partial charge >= 0.3 is 12.4 Å². The van der Waals surface area contributed by atoms with Crippen molar-refractivity contribution in [2.24, 2.45) is 17.8 Å². The predicted octanol–water partition coefficient (Wildman–Crippen LogP) is 6.07. The number of phenolic OH excluding ortho intramolecular Hbond substituents is 1. The number of allylic oxidation sites excluding steroid dienone is 6. The van der Waals surface area contributed by atoms with Gasteiger partial charge < -0.3 is 9.84 Å². The first-order valence-corrected chi connectivity index (χ1v) is 13.8. The van der Waals surface area contributed by atoms with Crippen molar-refractivity contribution < 1.29 is 55.4 Å². The summed E-state index contributed by atoms with van der Waals surface area (Å²) in [6, 6.07) is 4.90. The number of aromatic hydroxyl groups is 1. The van der Waals surface area contributed by atoms with E-state index in [2.05, 4.69) is 0 Å². The summed E-state index contributed by atoms with van der Waals surface area (Å²) in [5, 5.41) is 10.2. The highest BCUT2D eigenvalue weighted by molar-refractivity contribution is 6.25. The monoisotopic (exact) mass is 631 g/mol. The van der Waals surface area contributed by atoms with E-state index in [-0.39, 0.29) is 47.1 Å². The van der Waals surface area contributed by atoms with Crippen LogP contribution in [0.15, 0.2) is 70.8 Å². The number of fused-ring (bicyclic) bond motifs is 3. The zero-order valence-corrected chi connectivity index (χ0v) is 23.5. The molecule has 1 heterocycles. The van der Waals surface area contributed by atoms with Gasteiger partial charge in [-0.15, -0.1) is 0 Å². The van der Waals surface area contributed by atoms with Crippen LogP contribution in [0.25, 0.3) is 0 Å². The van der Waals surface area contributed by atoms with E-state index in [1.54, 1.807) is 6.08 Å². The number of Topliss-reactive ketones (excluding diaryl/α,β-unsaturated/α-hetero) is 1. The number of halogens is 6. The Kier molecular flexibility index (Phi) is 6.86. The highest BCUT2D eigenvalue weighted by Gasteiger charge is 2.57. The van der Waals surface area contributed by atoms with Gasteiger partial charge in [-0.1, -0.05) is 17.7 Å². The summed E-state index contributed by atoms with van der Waals surface area (Å²) < 4.78 is 86.9. The Morgan fingerprint density at radius 1 is 0.889 bits per heavy atom. The fourth-order valence-electron chi connectivity index (χ4n) is 6.94. The van der Waals surface area contributed by atoms with E-state index in [1.165, 1.54) is 38.3 Å². The van der Waals surface area contributed by atoms with Gasteiger partial charge in [0, 0.05) is 22.6 Å². The molecule has 0 radical (unpaired) electrons. The van der Waals surface area contributed by atoms with Crippen LogP contribution in [0.4, 0.5) is 32.0 Å². The van der Waals surface area contributed by atoms with Gasteiger partial charge in [0.1, 0.15) is 0 Å². The molecule has 0 bridgehead atoms. The van der Waals surface area contributed by atoms with Crippen LogP contribution < -0.4 is 9.64 Å². The topological polar surface area (TPSA) is 101 Å². The molecule has 0 unspecified atom stereocenters. The molecule has 2 amide bonds. The van der Waals surface area contributed by atoms with Crippen LogP contribution in [-0.4, -0.2) is 35.6 Å². The molecule has 2 aromatic carbocycles. The number of carbonyl (C=O) groups excluding carboxylic acids is 4. The molecule has 3 aliphatic carbocycles. The van der Waals surface area contributed by atoms with Crippen LogP contribution >= 0.6 is 0 Å². The van der Waals surface area contributed by atoms with E-state index in [9.17, 15) is 50.6 Å². The molecular formula is C32H23F6NO6. The van der Waals surface area contributed by atoms with Gasteiger partial charge in [0.15, 0.2) is 23.1 Å². The highest BCUT2D eigenvalue weighted by Crippen LogP contribution is 2.56. The first-order valence-electron chi connectivity index (χ1n) is 13.8. The van der Waals surface area contributed by atoms with Crippen LogP contribution in [0, 0.1) is 17.8 Å². The van der Waals surface area contributed by atoms with E-state index in [1.807, 2.05) is 0 Å². The Bertz CT molecular complexity index is 1770. The fourth-order valence-corrected chi connectivity index (χ4v) is 6.94. The lowest BCUT2D eigenvalue weighted by Gasteiger charge is -2.42. The molecule has 4 atom stereocenters. The fraction of sp³-hybridized carbons (Fsp3) is 0.312. The largest absolute Gasteiger partial charge is 0.504 e. The van der Waals surface area contributed by atoms with E-state index in [0.717, 1.165) is 0 Å². The molecule has 4 aliphatic rings. The minimum Gasteiger partial charge on any atom is -0.504 e. The number of carbonyl (C=O) groups is 4. The van der Waals surface area contributed by atoms with E-state index < -0.39 is 76.2 Å². The average Bonchev–Trinajstić information content (AvgIpc) is 3.23. The number of hydrogen-bond donors (Lipinski definition) is 1. The number of alkyl halides is 6. The normalized spacial score (nSPS) is 25.1. The van der Waals surface area contributed by atoms with Gasteiger partial charge in [0.05, 0.1) is 35.8 Å². The van der Waals surface area contributed by atoms with Gasteiger partial charge in [0.2, 0.25) is 11.8 Å². The third kappa shape index (κ3) is 4.75. The lowest BCUT2D eigenvalue weighted by molar-refractivity contribution is -0.143. The quantitative estimate of drug-likeness (QED) is 0.191. The summed E-state index contributed by atoms with van der Waals surface area (Å²) >= 11 is 0. The Balaban J connectivity index is 1.48. The maximum atomic E-state index is 14.0. The second-order valence-corrected chi connectivity index (χ2v) is 11.4. The number of amides is 2. The molecule has 0 saturated carbocycles. The van der Waals surface area contributed by atoms with Crippen molar-refractivity contribution >= 4 is 29.1 Å². The van der Waals surface area contributed by atoms with Crippen molar-refractivity contribution in [3.05, 3.63) is 87.5 Å². The van der Waals surface area contributed by atoms with Gasteiger partial charge in [-0.3, -0.25) is 19.2 Å². The zero-order chi connectivity index (χ0) is 32.7. The minimum absolute atomic E-state index is 0.0659. The highest BCUT2D eigenvalue weighted by atomic mass is 19.4. The van der Waals surface area contributed by atoms with Gasteiger partial charge in [-0.05, 0) is 67.7 Å². The number of ketones is 2. The summed E-state index contributed by atoms with van der Waals surface area (Å²) in [5.41, 5.74) is -2.83. The third-order valence-corrected chi connectivity index (χ3v) is 8.93. The number of benzene rings is 2.